The van der Waals surface area contributed by atoms with Gasteiger partial charge in [0.25, 0.3) is 0 Å². The summed E-state index contributed by atoms with van der Waals surface area (Å²) in [7, 11) is 0. The van der Waals surface area contributed by atoms with Crippen LogP contribution in [0.1, 0.15) is 0 Å². The molecule has 0 N–H and O–H groups in total. The minimum absolute atomic E-state index is 1.45. The van der Waals surface area contributed by atoms with Crippen molar-refractivity contribution in [3.63, 3.8) is 0 Å². The van der Waals surface area contributed by atoms with Crippen LogP contribution in [-0.4, -0.2) is 61.8 Å². The van der Waals surface area contributed by atoms with Crippen molar-refractivity contribution in [1.82, 2.24) is 0 Å². The molecule has 222 valence electrons. The van der Waals surface area contributed by atoms with E-state index in [1.807, 2.05) is 0 Å². The first kappa shape index (κ1) is 35.0. The van der Waals surface area contributed by atoms with E-state index in [-0.39, 0.29) is 0 Å². The Morgan fingerprint density at radius 1 is 0.405 bits per heavy atom. The monoisotopic (exact) mass is 612 g/mol. The van der Waals surface area contributed by atoms with Gasteiger partial charge in [0.15, 0.2) is 0 Å². The molecule has 0 aliphatic carbocycles. The van der Waals surface area contributed by atoms with E-state index in [0.29, 0.717) is 0 Å². The lowest BCUT2D eigenvalue weighted by Crippen LogP contribution is -2.59. The highest BCUT2D eigenvalue weighted by Gasteiger charge is 2.75. The fourth-order valence-corrected chi connectivity index (χ4v) is 1.29. The second-order valence-corrected chi connectivity index (χ2v) is 5.31. The first-order valence-electron chi connectivity index (χ1n) is 7.18. The summed E-state index contributed by atoms with van der Waals surface area (Å²) in [6.07, 6.45) is -56.9. The van der Waals surface area contributed by atoms with E-state index in [0.717, 1.165) is 0 Å². The molecule has 0 heterocycles. The van der Waals surface area contributed by atoms with E-state index < -0.39 is 61.8 Å². The number of hydrogen-bond acceptors (Lipinski definition) is 7. The molecule has 0 radical (unpaired) electrons. The molecule has 0 bridgehead atoms. The van der Waals surface area contributed by atoms with Gasteiger partial charge in [-0.1, -0.05) is 0 Å². The van der Waals surface area contributed by atoms with Gasteiger partial charge in [0, 0.05) is 0 Å². The largest absolute Gasteiger partial charge is 0.529 e. The summed E-state index contributed by atoms with van der Waals surface area (Å²) in [5.41, 5.74) is 0. The van der Waals surface area contributed by atoms with Crippen molar-refractivity contribution in [2.75, 3.05) is 0 Å². The molecule has 0 aromatic carbocycles. The van der Waals surface area contributed by atoms with E-state index in [2.05, 4.69) is 0 Å². The minimum atomic E-state index is -7.60. The van der Waals surface area contributed by atoms with Crippen molar-refractivity contribution in [2.45, 2.75) is 55.8 Å². The van der Waals surface area contributed by atoms with Crippen LogP contribution >= 0.6 is 0 Å². The molecular weight excluding hydrogens is 612 g/mol. The number of alkyl halides is 19. The lowest BCUT2D eigenvalue weighted by molar-refractivity contribution is -0.631. The van der Waals surface area contributed by atoms with Crippen LogP contribution in [0.25, 0.3) is 0 Å². The van der Waals surface area contributed by atoms with Gasteiger partial charge in [0.1, 0.15) is 0 Å². The van der Waals surface area contributed by atoms with Gasteiger partial charge >= 0.3 is 61.8 Å². The van der Waals surface area contributed by atoms with Gasteiger partial charge < -0.3 is 0 Å². The molecule has 0 spiro atoms. The molecule has 0 amide bonds. The van der Waals surface area contributed by atoms with Crippen molar-refractivity contribution in [1.29, 1.82) is 0 Å². The standard InChI is InChI=1S/C10F20O7/c11-1(31)2(12,3(13,14)15)32-4(16,17)5(18,19)33-7(23,24)35-9(27,28)37-10(29,30)36-8(25,26)34-6(20,21)22. The van der Waals surface area contributed by atoms with E-state index in [1.54, 1.807) is 14.2 Å². The highest BCUT2D eigenvalue weighted by molar-refractivity contribution is 5.77. The topological polar surface area (TPSA) is 72.5 Å². The Labute approximate surface area is 184 Å². The first-order chi connectivity index (χ1) is 15.7. The van der Waals surface area contributed by atoms with Crippen LogP contribution in [0.2, 0.25) is 0 Å². The van der Waals surface area contributed by atoms with Crippen LogP contribution in [0.4, 0.5) is 87.8 Å². The Morgan fingerprint density at radius 3 is 0.946 bits per heavy atom. The molecule has 0 aliphatic heterocycles. The molecule has 0 rings (SSSR count). The molecular formula is C10F20O7. The third kappa shape index (κ3) is 10.4. The SMILES string of the molecule is O=C(F)C(F)(OC(F)(F)C(F)(F)OC(F)(F)OC(F)(F)OC(F)(F)OC(F)(F)OC(F)(F)F)C(F)(F)F. The second kappa shape index (κ2) is 9.97. The van der Waals surface area contributed by atoms with E-state index >= 15 is 0 Å². The van der Waals surface area contributed by atoms with Crippen LogP contribution in [0.5, 0.6) is 0 Å². The Bertz CT molecular complexity index is 804. The number of ether oxygens (including phenoxy) is 6. The summed E-state index contributed by atoms with van der Waals surface area (Å²) in [6.45, 7) is 0. The van der Waals surface area contributed by atoms with Gasteiger partial charge in [-0.15, -0.1) is 48.3 Å². The fraction of sp³-hybridized carbons (Fsp3) is 0.900. The van der Waals surface area contributed by atoms with Crippen LogP contribution in [0, 0.1) is 0 Å². The number of rotatable bonds is 13. The highest BCUT2D eigenvalue weighted by Crippen LogP contribution is 2.48. The summed E-state index contributed by atoms with van der Waals surface area (Å²) in [4.78, 5) is 9.90. The zero-order valence-corrected chi connectivity index (χ0v) is 15.4. The van der Waals surface area contributed by atoms with Gasteiger partial charge in [-0.3, -0.25) is 9.53 Å². The van der Waals surface area contributed by atoms with Gasteiger partial charge in [-0.05, 0) is 0 Å². The number of carbonyl (C=O) groups is 1. The molecule has 0 aromatic rings. The maximum Gasteiger partial charge on any atom is 0.529 e. The number of halogens is 20. The lowest BCUT2D eigenvalue weighted by atomic mass is 10.3. The van der Waals surface area contributed by atoms with Crippen molar-refractivity contribution >= 4 is 6.04 Å². The normalized spacial score (nSPS) is 17.1. The number of hydrogen-bond donors (Lipinski definition) is 0. The summed E-state index contributed by atoms with van der Waals surface area (Å²) in [5, 5.41) is 0. The maximum atomic E-state index is 13.1. The average molecular weight is 612 g/mol. The van der Waals surface area contributed by atoms with Gasteiger partial charge in [-0.2, -0.15) is 44.3 Å². The summed E-state index contributed by atoms with van der Waals surface area (Å²) >= 11 is 0. The van der Waals surface area contributed by atoms with E-state index in [9.17, 15) is 92.6 Å². The van der Waals surface area contributed by atoms with Gasteiger partial charge in [-0.25, -0.2) is 18.9 Å². The predicted octanol–water partition coefficient (Wildman–Crippen LogP) is 5.72. The summed E-state index contributed by atoms with van der Waals surface area (Å²) in [5.74, 6) is -7.05. The Morgan fingerprint density at radius 2 is 0.676 bits per heavy atom. The van der Waals surface area contributed by atoms with Crippen molar-refractivity contribution in [3.05, 3.63) is 0 Å². The van der Waals surface area contributed by atoms with Crippen LogP contribution in [0.15, 0.2) is 0 Å². The lowest BCUT2D eigenvalue weighted by Gasteiger charge is -2.33. The van der Waals surface area contributed by atoms with Crippen molar-refractivity contribution in [3.8, 4) is 0 Å². The predicted molar refractivity (Wildman–Crippen MR) is 58.3 cm³/mol. The summed E-state index contributed by atoms with van der Waals surface area (Å²) in [6, 6.07) is -4.66. The first-order valence-corrected chi connectivity index (χ1v) is 7.18. The molecule has 0 saturated heterocycles. The van der Waals surface area contributed by atoms with Gasteiger partial charge in [0.2, 0.25) is 0 Å². The van der Waals surface area contributed by atoms with Gasteiger partial charge in [0.05, 0.1) is 0 Å². The molecule has 7 nitrogen and oxygen atoms in total. The minimum Gasteiger partial charge on any atom is -0.259 e. The second-order valence-electron chi connectivity index (χ2n) is 5.31. The zero-order valence-electron chi connectivity index (χ0n) is 15.4. The smallest absolute Gasteiger partial charge is 0.259 e. The molecule has 1 atom stereocenters. The Balaban J connectivity index is 5.72. The molecule has 27 heteroatoms. The highest BCUT2D eigenvalue weighted by atomic mass is 19.4. The number of carbonyl (C=O) groups excluding carboxylic acids is 1. The Kier molecular flexibility index (Phi) is 9.44. The molecule has 0 saturated carbocycles. The molecule has 37 heavy (non-hydrogen) atoms. The zero-order chi connectivity index (χ0) is 30.3. The van der Waals surface area contributed by atoms with E-state index in [1.165, 1.54) is 14.2 Å². The molecule has 0 aromatic heterocycles. The maximum absolute atomic E-state index is 13.1. The average Bonchev–Trinajstić information content (AvgIpc) is 2.44. The Hall–Kier alpha value is -1.97. The molecule has 1 unspecified atom stereocenters. The van der Waals surface area contributed by atoms with Crippen LogP contribution < -0.4 is 0 Å². The van der Waals surface area contributed by atoms with E-state index in [4.69, 9.17) is 0 Å². The fourth-order valence-electron chi connectivity index (χ4n) is 1.29. The van der Waals surface area contributed by atoms with Crippen LogP contribution in [0.3, 0.4) is 0 Å². The summed E-state index contributed by atoms with van der Waals surface area (Å²) < 4.78 is 260. The van der Waals surface area contributed by atoms with Crippen LogP contribution in [-0.2, 0) is 33.2 Å². The molecule has 0 aliphatic rings. The molecule has 0 fully saturated rings. The van der Waals surface area contributed by atoms with Crippen molar-refractivity contribution < 1.29 is 121 Å². The third-order valence-corrected chi connectivity index (χ3v) is 2.42. The van der Waals surface area contributed by atoms with Crippen molar-refractivity contribution in [2.24, 2.45) is 0 Å². The third-order valence-electron chi connectivity index (χ3n) is 2.42. The quantitative estimate of drug-likeness (QED) is 0.150.